The molecule has 0 aliphatic rings. The van der Waals surface area contributed by atoms with Gasteiger partial charge in [0.05, 0.1) is 0 Å². The summed E-state index contributed by atoms with van der Waals surface area (Å²) < 4.78 is 0. The van der Waals surface area contributed by atoms with Crippen LogP contribution in [0.25, 0.3) is 0 Å². The Labute approximate surface area is 137 Å². The molecule has 2 atom stereocenters. The standard InChI is InChI=1S/C9H11NO4.C5H10N2O3/c10-6(9(13)14)3-5-1-2-7(11)8(12)4-5;6-3(5(9)10)1-2-4(7)8/h1-2,4,6,11-12H,3,10H2,(H,13,14);3H,1-2,6H2,(H2,7,8)(H,9,10). The Kier molecular flexibility index (Phi) is 8.83. The van der Waals surface area contributed by atoms with Gasteiger partial charge in [0, 0.05) is 6.42 Å². The summed E-state index contributed by atoms with van der Waals surface area (Å²) in [7, 11) is 0. The van der Waals surface area contributed by atoms with Gasteiger partial charge in [-0.1, -0.05) is 6.07 Å². The van der Waals surface area contributed by atoms with Crippen LogP contribution in [-0.4, -0.2) is 50.4 Å². The first-order valence-corrected chi connectivity index (χ1v) is 6.80. The molecule has 0 spiro atoms. The molecule has 0 radical (unpaired) electrons. The number of carbonyl (C=O) groups is 3. The number of amides is 1. The number of hydrogen-bond acceptors (Lipinski definition) is 7. The molecule has 10 N–H and O–H groups in total. The molecule has 1 amide bonds. The number of carbonyl (C=O) groups excluding carboxylic acids is 1. The summed E-state index contributed by atoms with van der Waals surface area (Å²) in [4.78, 5) is 30.6. The molecule has 0 aromatic heterocycles. The van der Waals surface area contributed by atoms with Gasteiger partial charge in [0.2, 0.25) is 5.91 Å². The lowest BCUT2D eigenvalue weighted by molar-refractivity contribution is -0.139. The first-order chi connectivity index (χ1) is 11.0. The monoisotopic (exact) mass is 343 g/mol. The molecular weight excluding hydrogens is 322 g/mol. The van der Waals surface area contributed by atoms with Crippen LogP contribution in [0.15, 0.2) is 18.2 Å². The van der Waals surface area contributed by atoms with Crippen molar-refractivity contribution in [2.24, 2.45) is 17.2 Å². The molecule has 10 nitrogen and oxygen atoms in total. The van der Waals surface area contributed by atoms with Gasteiger partial charge in [-0.2, -0.15) is 0 Å². The van der Waals surface area contributed by atoms with Crippen molar-refractivity contribution >= 4 is 17.8 Å². The Bertz CT molecular complexity index is 592. The van der Waals surface area contributed by atoms with E-state index in [9.17, 15) is 14.4 Å². The first-order valence-electron chi connectivity index (χ1n) is 6.80. The number of benzene rings is 1. The van der Waals surface area contributed by atoms with E-state index < -0.39 is 29.9 Å². The third-order valence-corrected chi connectivity index (χ3v) is 2.83. The quantitative estimate of drug-likeness (QED) is 0.293. The number of hydrogen-bond donors (Lipinski definition) is 7. The van der Waals surface area contributed by atoms with E-state index >= 15 is 0 Å². The van der Waals surface area contributed by atoms with E-state index in [0.717, 1.165) is 0 Å². The van der Waals surface area contributed by atoms with Crippen LogP contribution in [-0.2, 0) is 20.8 Å². The summed E-state index contributed by atoms with van der Waals surface area (Å²) in [6, 6.07) is 2.11. The second-order valence-corrected chi connectivity index (χ2v) is 4.92. The maximum absolute atomic E-state index is 10.4. The van der Waals surface area contributed by atoms with E-state index in [-0.39, 0.29) is 30.8 Å². The van der Waals surface area contributed by atoms with Gasteiger partial charge in [0.1, 0.15) is 12.1 Å². The van der Waals surface area contributed by atoms with Crippen molar-refractivity contribution in [1.82, 2.24) is 0 Å². The molecular formula is C14H21N3O7. The van der Waals surface area contributed by atoms with Crippen LogP contribution >= 0.6 is 0 Å². The highest BCUT2D eigenvalue weighted by Crippen LogP contribution is 2.25. The summed E-state index contributed by atoms with van der Waals surface area (Å²) in [5.74, 6) is -3.26. The fourth-order valence-electron chi connectivity index (χ4n) is 1.46. The van der Waals surface area contributed by atoms with E-state index in [1.54, 1.807) is 0 Å². The molecule has 0 saturated carbocycles. The minimum absolute atomic E-state index is 0.0213. The SMILES string of the molecule is NC(=O)CCC(N)C(=O)O.NC(Cc1ccc(O)c(O)c1)C(=O)O. The lowest BCUT2D eigenvalue weighted by Gasteiger charge is -2.06. The Morgan fingerprint density at radius 1 is 0.958 bits per heavy atom. The molecule has 24 heavy (non-hydrogen) atoms. The zero-order valence-electron chi connectivity index (χ0n) is 12.8. The summed E-state index contributed by atoms with van der Waals surface area (Å²) in [6.07, 6.45) is 0.237. The average Bonchev–Trinajstić information content (AvgIpc) is 2.48. The highest BCUT2D eigenvalue weighted by atomic mass is 16.4. The number of rotatable bonds is 7. The van der Waals surface area contributed by atoms with Crippen LogP contribution < -0.4 is 17.2 Å². The van der Waals surface area contributed by atoms with E-state index in [2.05, 4.69) is 0 Å². The van der Waals surface area contributed by atoms with Crippen LogP contribution in [0.3, 0.4) is 0 Å². The summed E-state index contributed by atoms with van der Waals surface area (Å²) in [5.41, 5.74) is 15.7. The number of phenols is 2. The van der Waals surface area contributed by atoms with Gasteiger partial charge in [-0.25, -0.2) is 0 Å². The molecule has 0 bridgehead atoms. The molecule has 1 rings (SSSR count). The van der Waals surface area contributed by atoms with E-state index in [0.29, 0.717) is 5.56 Å². The van der Waals surface area contributed by atoms with Crippen molar-refractivity contribution in [1.29, 1.82) is 0 Å². The molecule has 0 aliphatic heterocycles. The van der Waals surface area contributed by atoms with Gasteiger partial charge in [0.25, 0.3) is 0 Å². The predicted molar refractivity (Wildman–Crippen MR) is 83.1 cm³/mol. The van der Waals surface area contributed by atoms with E-state index in [4.69, 9.17) is 37.6 Å². The maximum Gasteiger partial charge on any atom is 0.320 e. The number of phenolic OH excluding ortho intramolecular Hbond substituents is 2. The van der Waals surface area contributed by atoms with Crippen LogP contribution in [0.2, 0.25) is 0 Å². The fraction of sp³-hybridized carbons (Fsp3) is 0.357. The number of aliphatic carboxylic acids is 2. The summed E-state index contributed by atoms with van der Waals surface area (Å²) >= 11 is 0. The third-order valence-electron chi connectivity index (χ3n) is 2.83. The molecule has 2 unspecified atom stereocenters. The van der Waals surface area contributed by atoms with E-state index in [1.807, 2.05) is 0 Å². The number of primary amides is 1. The highest BCUT2D eigenvalue weighted by Gasteiger charge is 2.13. The zero-order chi connectivity index (χ0) is 18.9. The molecule has 1 aromatic carbocycles. The van der Waals surface area contributed by atoms with E-state index in [1.165, 1.54) is 18.2 Å². The number of nitrogens with two attached hydrogens (primary N) is 3. The Hall–Kier alpha value is -2.85. The van der Waals surface area contributed by atoms with Gasteiger partial charge in [-0.05, 0) is 30.5 Å². The van der Waals surface area contributed by atoms with Crippen molar-refractivity contribution in [3.8, 4) is 11.5 Å². The Balaban J connectivity index is 0.000000470. The molecule has 0 aliphatic carbocycles. The van der Waals surface area contributed by atoms with Gasteiger partial charge in [0.15, 0.2) is 11.5 Å². The average molecular weight is 343 g/mol. The van der Waals surface area contributed by atoms with Gasteiger partial charge >= 0.3 is 11.9 Å². The number of carboxylic acids is 2. The van der Waals surface area contributed by atoms with Crippen molar-refractivity contribution in [2.75, 3.05) is 0 Å². The largest absolute Gasteiger partial charge is 0.504 e. The highest BCUT2D eigenvalue weighted by molar-refractivity contribution is 5.77. The first kappa shape index (κ1) is 21.1. The molecule has 134 valence electrons. The minimum Gasteiger partial charge on any atom is -0.504 e. The molecule has 1 aromatic rings. The normalized spacial score (nSPS) is 12.4. The molecule has 10 heteroatoms. The van der Waals surface area contributed by atoms with Gasteiger partial charge in [-0.3, -0.25) is 14.4 Å². The van der Waals surface area contributed by atoms with Crippen LogP contribution in [0.1, 0.15) is 18.4 Å². The Morgan fingerprint density at radius 2 is 1.50 bits per heavy atom. The van der Waals surface area contributed by atoms with Crippen LogP contribution in [0, 0.1) is 0 Å². The summed E-state index contributed by atoms with van der Waals surface area (Å²) in [6.45, 7) is 0. The second kappa shape index (κ2) is 10.0. The maximum atomic E-state index is 10.4. The summed E-state index contributed by atoms with van der Waals surface area (Å²) in [5, 5.41) is 34.9. The van der Waals surface area contributed by atoms with Gasteiger partial charge < -0.3 is 37.6 Å². The Morgan fingerprint density at radius 3 is 1.92 bits per heavy atom. The van der Waals surface area contributed by atoms with Crippen LogP contribution in [0.5, 0.6) is 11.5 Å². The number of aromatic hydroxyl groups is 2. The molecule has 0 heterocycles. The smallest absolute Gasteiger partial charge is 0.320 e. The lowest BCUT2D eigenvalue weighted by Crippen LogP contribution is -2.32. The zero-order valence-corrected chi connectivity index (χ0v) is 12.8. The topological polar surface area (TPSA) is 210 Å². The van der Waals surface area contributed by atoms with Crippen molar-refractivity contribution in [3.05, 3.63) is 23.8 Å². The van der Waals surface area contributed by atoms with Crippen molar-refractivity contribution < 1.29 is 34.8 Å². The number of carboxylic acid groups (broad SMARTS) is 2. The van der Waals surface area contributed by atoms with Crippen LogP contribution in [0.4, 0.5) is 0 Å². The third kappa shape index (κ3) is 8.56. The fourth-order valence-corrected chi connectivity index (χ4v) is 1.46. The molecule has 0 saturated heterocycles. The van der Waals surface area contributed by atoms with Gasteiger partial charge in [-0.15, -0.1) is 0 Å². The molecule has 0 fully saturated rings. The van der Waals surface area contributed by atoms with Crippen molar-refractivity contribution in [3.63, 3.8) is 0 Å². The lowest BCUT2D eigenvalue weighted by atomic mass is 10.1. The predicted octanol–water partition coefficient (Wildman–Crippen LogP) is -1.28. The van der Waals surface area contributed by atoms with Crippen molar-refractivity contribution in [2.45, 2.75) is 31.3 Å². The minimum atomic E-state index is -1.11. The second-order valence-electron chi connectivity index (χ2n) is 4.92.